The highest BCUT2D eigenvalue weighted by atomic mass is 32.1. The fraction of sp³-hybridized carbons (Fsp3) is 0.364. The molecule has 0 bridgehead atoms. The third-order valence-corrected chi connectivity index (χ3v) is 5.40. The van der Waals surface area contributed by atoms with Crippen molar-refractivity contribution in [3.8, 4) is 16.5 Å². The number of ether oxygens (including phenoxy) is 1. The highest BCUT2D eigenvalue weighted by molar-refractivity contribution is 7.13. The van der Waals surface area contributed by atoms with Gasteiger partial charge in [-0.05, 0) is 49.0 Å². The predicted molar refractivity (Wildman–Crippen MR) is 123 cm³/mol. The quantitative estimate of drug-likeness (QED) is 0.455. The molecule has 2 aromatic heterocycles. The molecule has 0 atom stereocenters. The Kier molecular flexibility index (Phi) is 8.34. The molecule has 1 aromatic carbocycles. The number of rotatable bonds is 11. The van der Waals surface area contributed by atoms with E-state index >= 15 is 0 Å². The lowest BCUT2D eigenvalue weighted by Gasteiger charge is -2.19. The molecule has 2 heterocycles. The zero-order valence-corrected chi connectivity index (χ0v) is 19.2. The SMILES string of the molecule is CCCN(CC(=O)NCC(=O)Nc1cc(C)ccc1OC)Cc1nnc(-c2cccs2)o1. The number of aryl methyl sites for hydroxylation is 1. The monoisotopic (exact) mass is 457 g/mol. The average molecular weight is 458 g/mol. The summed E-state index contributed by atoms with van der Waals surface area (Å²) in [6.07, 6.45) is 0.854. The van der Waals surface area contributed by atoms with Crippen LogP contribution in [0.25, 0.3) is 10.8 Å². The number of benzene rings is 1. The van der Waals surface area contributed by atoms with Gasteiger partial charge in [0.2, 0.25) is 17.7 Å². The van der Waals surface area contributed by atoms with Crippen LogP contribution in [-0.4, -0.2) is 53.7 Å². The number of methoxy groups -OCH3 is 1. The second-order valence-corrected chi connectivity index (χ2v) is 8.17. The number of carbonyl (C=O) groups is 2. The molecular weight excluding hydrogens is 430 g/mol. The van der Waals surface area contributed by atoms with Crippen molar-refractivity contribution in [3.63, 3.8) is 0 Å². The van der Waals surface area contributed by atoms with Gasteiger partial charge in [0.1, 0.15) is 5.75 Å². The first-order valence-electron chi connectivity index (χ1n) is 10.3. The highest BCUT2D eigenvalue weighted by Crippen LogP contribution is 2.25. The zero-order chi connectivity index (χ0) is 22.9. The van der Waals surface area contributed by atoms with E-state index < -0.39 is 0 Å². The van der Waals surface area contributed by atoms with Crippen molar-refractivity contribution in [1.29, 1.82) is 0 Å². The van der Waals surface area contributed by atoms with E-state index in [2.05, 4.69) is 20.8 Å². The van der Waals surface area contributed by atoms with Crippen LogP contribution in [0.4, 0.5) is 5.69 Å². The first kappa shape index (κ1) is 23.4. The van der Waals surface area contributed by atoms with E-state index in [9.17, 15) is 9.59 Å². The lowest BCUT2D eigenvalue weighted by molar-refractivity contribution is -0.125. The fourth-order valence-electron chi connectivity index (χ4n) is 3.09. The van der Waals surface area contributed by atoms with Crippen molar-refractivity contribution in [2.45, 2.75) is 26.8 Å². The number of nitrogens with zero attached hydrogens (tertiary/aromatic N) is 3. The topological polar surface area (TPSA) is 110 Å². The molecular formula is C22H27N5O4S. The van der Waals surface area contributed by atoms with Gasteiger partial charge < -0.3 is 19.8 Å². The second kappa shape index (κ2) is 11.4. The Morgan fingerprint density at radius 2 is 2.06 bits per heavy atom. The molecule has 0 saturated carbocycles. The van der Waals surface area contributed by atoms with E-state index in [0.29, 0.717) is 36.3 Å². The van der Waals surface area contributed by atoms with Gasteiger partial charge in [0.25, 0.3) is 5.89 Å². The normalized spacial score (nSPS) is 10.9. The fourth-order valence-corrected chi connectivity index (χ4v) is 3.73. The van der Waals surface area contributed by atoms with Crippen LogP contribution in [-0.2, 0) is 16.1 Å². The van der Waals surface area contributed by atoms with Gasteiger partial charge in [-0.25, -0.2) is 0 Å². The summed E-state index contributed by atoms with van der Waals surface area (Å²) in [6.45, 7) is 4.96. The maximum absolute atomic E-state index is 12.4. The van der Waals surface area contributed by atoms with E-state index in [1.807, 2.05) is 48.4 Å². The molecule has 2 N–H and O–H groups in total. The minimum Gasteiger partial charge on any atom is -0.495 e. The molecule has 10 heteroatoms. The lowest BCUT2D eigenvalue weighted by atomic mass is 10.2. The Morgan fingerprint density at radius 3 is 2.78 bits per heavy atom. The number of hydrogen-bond donors (Lipinski definition) is 2. The summed E-state index contributed by atoms with van der Waals surface area (Å²) in [6, 6.07) is 9.33. The first-order chi connectivity index (χ1) is 15.5. The number of amides is 2. The summed E-state index contributed by atoms with van der Waals surface area (Å²) in [5, 5.41) is 15.5. The molecule has 0 spiro atoms. The van der Waals surface area contributed by atoms with Gasteiger partial charge >= 0.3 is 0 Å². The first-order valence-corrected chi connectivity index (χ1v) is 11.2. The number of anilines is 1. The third-order valence-electron chi connectivity index (χ3n) is 4.54. The van der Waals surface area contributed by atoms with Gasteiger partial charge in [0.15, 0.2) is 0 Å². The average Bonchev–Trinajstić information content (AvgIpc) is 3.45. The van der Waals surface area contributed by atoms with Gasteiger partial charge in [0, 0.05) is 0 Å². The van der Waals surface area contributed by atoms with E-state index in [1.165, 1.54) is 18.4 Å². The summed E-state index contributed by atoms with van der Waals surface area (Å²) in [5.41, 5.74) is 1.56. The van der Waals surface area contributed by atoms with Gasteiger partial charge in [0.05, 0.1) is 37.3 Å². The van der Waals surface area contributed by atoms with Crippen molar-refractivity contribution >= 4 is 28.8 Å². The van der Waals surface area contributed by atoms with Crippen LogP contribution in [0.15, 0.2) is 40.1 Å². The maximum Gasteiger partial charge on any atom is 0.257 e. The molecule has 2 amide bonds. The Balaban J connectivity index is 1.50. The standard InChI is InChI=1S/C22H27N5O4S/c1-4-9-27(14-21-25-26-22(31-21)18-6-5-10-32-18)13-20(29)23-12-19(28)24-16-11-15(2)7-8-17(16)30-3/h5-8,10-11H,4,9,12-14H2,1-3H3,(H,23,29)(H,24,28). The predicted octanol–water partition coefficient (Wildman–Crippen LogP) is 3.08. The summed E-state index contributed by atoms with van der Waals surface area (Å²) in [5.74, 6) is 0.883. The van der Waals surface area contributed by atoms with Gasteiger partial charge in [-0.15, -0.1) is 21.5 Å². The summed E-state index contributed by atoms with van der Waals surface area (Å²) in [7, 11) is 1.54. The number of nitrogens with one attached hydrogen (secondary N) is 2. The lowest BCUT2D eigenvalue weighted by Crippen LogP contribution is -2.40. The zero-order valence-electron chi connectivity index (χ0n) is 18.4. The number of carbonyl (C=O) groups excluding carboxylic acids is 2. The van der Waals surface area contributed by atoms with Gasteiger partial charge in [-0.2, -0.15) is 0 Å². The molecule has 32 heavy (non-hydrogen) atoms. The highest BCUT2D eigenvalue weighted by Gasteiger charge is 2.16. The van der Waals surface area contributed by atoms with Crippen molar-refractivity contribution in [1.82, 2.24) is 20.4 Å². The molecule has 0 aliphatic carbocycles. The molecule has 3 rings (SSSR count). The third kappa shape index (κ3) is 6.63. The largest absolute Gasteiger partial charge is 0.495 e. The molecule has 0 fully saturated rings. The van der Waals surface area contributed by atoms with Crippen LogP contribution in [0, 0.1) is 6.92 Å². The van der Waals surface area contributed by atoms with E-state index in [1.54, 1.807) is 6.07 Å². The molecule has 9 nitrogen and oxygen atoms in total. The maximum atomic E-state index is 12.4. The van der Waals surface area contributed by atoms with Gasteiger partial charge in [-0.1, -0.05) is 19.1 Å². The van der Waals surface area contributed by atoms with E-state index in [-0.39, 0.29) is 24.9 Å². The molecule has 0 unspecified atom stereocenters. The molecule has 170 valence electrons. The Hall–Kier alpha value is -3.24. The van der Waals surface area contributed by atoms with Crippen molar-refractivity contribution in [3.05, 3.63) is 47.2 Å². The summed E-state index contributed by atoms with van der Waals surface area (Å²) >= 11 is 1.52. The van der Waals surface area contributed by atoms with Crippen molar-refractivity contribution in [2.24, 2.45) is 0 Å². The van der Waals surface area contributed by atoms with E-state index in [4.69, 9.17) is 9.15 Å². The van der Waals surface area contributed by atoms with Crippen LogP contribution in [0.2, 0.25) is 0 Å². The van der Waals surface area contributed by atoms with Crippen molar-refractivity contribution in [2.75, 3.05) is 32.1 Å². The summed E-state index contributed by atoms with van der Waals surface area (Å²) < 4.78 is 11.0. The molecule has 3 aromatic rings. The smallest absolute Gasteiger partial charge is 0.257 e. The van der Waals surface area contributed by atoms with E-state index in [0.717, 1.165) is 16.9 Å². The minimum absolute atomic E-state index is 0.117. The molecule has 0 saturated heterocycles. The Bertz CT molecular complexity index is 1030. The van der Waals surface area contributed by atoms with Crippen LogP contribution >= 0.6 is 11.3 Å². The van der Waals surface area contributed by atoms with Crippen LogP contribution in [0.5, 0.6) is 5.75 Å². The summed E-state index contributed by atoms with van der Waals surface area (Å²) in [4.78, 5) is 27.5. The number of thiophene rings is 1. The van der Waals surface area contributed by atoms with Crippen LogP contribution in [0.1, 0.15) is 24.8 Å². The van der Waals surface area contributed by atoms with Crippen LogP contribution < -0.4 is 15.4 Å². The Labute approximate surface area is 190 Å². The number of hydrogen-bond acceptors (Lipinski definition) is 8. The van der Waals surface area contributed by atoms with Crippen molar-refractivity contribution < 1.29 is 18.7 Å². The minimum atomic E-state index is -0.332. The molecule has 0 radical (unpaired) electrons. The van der Waals surface area contributed by atoms with Gasteiger partial charge in [-0.3, -0.25) is 14.5 Å². The molecule has 0 aliphatic rings. The Morgan fingerprint density at radius 1 is 1.22 bits per heavy atom. The molecule has 0 aliphatic heterocycles. The number of aromatic nitrogens is 2. The van der Waals surface area contributed by atoms with Crippen LogP contribution in [0.3, 0.4) is 0 Å². The second-order valence-electron chi connectivity index (χ2n) is 7.22.